The van der Waals surface area contributed by atoms with Crippen LogP contribution in [0.5, 0.6) is 0 Å². The standard InChI is InChI=1S/C8H7F2N3O/c1-12-5-3-2-4(9)6(10)7(5)13(11)8(12)14/h2-3H,11H2,1H3. The lowest BCUT2D eigenvalue weighted by Crippen LogP contribution is -2.28. The molecule has 1 aromatic heterocycles. The fourth-order valence-corrected chi connectivity index (χ4v) is 1.39. The van der Waals surface area contributed by atoms with Crippen LogP contribution in [0.2, 0.25) is 0 Å². The fourth-order valence-electron chi connectivity index (χ4n) is 1.39. The van der Waals surface area contributed by atoms with Crippen molar-refractivity contribution in [3.63, 3.8) is 0 Å². The lowest BCUT2D eigenvalue weighted by atomic mass is 10.3. The molecule has 0 aliphatic heterocycles. The molecule has 4 nitrogen and oxygen atoms in total. The van der Waals surface area contributed by atoms with E-state index in [1.165, 1.54) is 13.1 Å². The third-order valence-corrected chi connectivity index (χ3v) is 2.14. The van der Waals surface area contributed by atoms with Gasteiger partial charge in [0.2, 0.25) is 0 Å². The van der Waals surface area contributed by atoms with Crippen LogP contribution in [-0.4, -0.2) is 9.24 Å². The average molecular weight is 199 g/mol. The third kappa shape index (κ3) is 0.876. The summed E-state index contributed by atoms with van der Waals surface area (Å²) in [6.45, 7) is 0. The number of nitrogen functional groups attached to an aromatic ring is 1. The molecule has 2 aromatic rings. The first-order valence-electron chi connectivity index (χ1n) is 3.84. The van der Waals surface area contributed by atoms with Crippen LogP contribution in [0.15, 0.2) is 16.9 Å². The average Bonchev–Trinajstić information content (AvgIpc) is 2.38. The highest BCUT2D eigenvalue weighted by Crippen LogP contribution is 2.17. The molecule has 2 N–H and O–H groups in total. The lowest BCUT2D eigenvalue weighted by Gasteiger charge is -1.96. The Bertz CT molecular complexity index is 570. The molecular formula is C8H7F2N3O. The van der Waals surface area contributed by atoms with Gasteiger partial charge in [-0.15, -0.1) is 0 Å². The van der Waals surface area contributed by atoms with Crippen molar-refractivity contribution in [2.45, 2.75) is 0 Å². The topological polar surface area (TPSA) is 53.0 Å². The predicted octanol–water partition coefficient (Wildman–Crippen LogP) is 0.332. The zero-order valence-electron chi connectivity index (χ0n) is 7.29. The van der Waals surface area contributed by atoms with Gasteiger partial charge in [-0.05, 0) is 12.1 Å². The van der Waals surface area contributed by atoms with Crippen LogP contribution < -0.4 is 11.5 Å². The van der Waals surface area contributed by atoms with Crippen LogP contribution in [0.3, 0.4) is 0 Å². The summed E-state index contributed by atoms with van der Waals surface area (Å²) in [7, 11) is 1.44. The summed E-state index contributed by atoms with van der Waals surface area (Å²) in [4.78, 5) is 11.3. The lowest BCUT2D eigenvalue weighted by molar-refractivity contribution is 0.513. The van der Waals surface area contributed by atoms with Crippen LogP contribution in [-0.2, 0) is 7.05 Å². The second-order valence-corrected chi connectivity index (χ2v) is 2.94. The van der Waals surface area contributed by atoms with Gasteiger partial charge in [0.1, 0.15) is 5.52 Å². The Hall–Kier alpha value is -1.85. The maximum absolute atomic E-state index is 13.2. The van der Waals surface area contributed by atoms with E-state index in [1.54, 1.807) is 0 Å². The maximum atomic E-state index is 13.2. The quantitative estimate of drug-likeness (QED) is 0.622. The fraction of sp³-hybridized carbons (Fsp3) is 0.125. The van der Waals surface area contributed by atoms with Crippen LogP contribution in [0.1, 0.15) is 0 Å². The van der Waals surface area contributed by atoms with Crippen molar-refractivity contribution in [3.8, 4) is 0 Å². The zero-order valence-corrected chi connectivity index (χ0v) is 7.29. The molecule has 74 valence electrons. The molecule has 0 bridgehead atoms. The van der Waals surface area contributed by atoms with E-state index in [1.807, 2.05) is 0 Å². The van der Waals surface area contributed by atoms with Gasteiger partial charge in [-0.1, -0.05) is 0 Å². The minimum Gasteiger partial charge on any atom is -0.335 e. The van der Waals surface area contributed by atoms with Gasteiger partial charge >= 0.3 is 5.69 Å². The van der Waals surface area contributed by atoms with Crippen LogP contribution in [0.4, 0.5) is 8.78 Å². The minimum atomic E-state index is -1.11. The van der Waals surface area contributed by atoms with E-state index in [9.17, 15) is 13.6 Å². The van der Waals surface area contributed by atoms with Gasteiger partial charge in [0.25, 0.3) is 0 Å². The van der Waals surface area contributed by atoms with E-state index in [2.05, 4.69) is 0 Å². The Labute approximate surface area is 77.1 Å². The van der Waals surface area contributed by atoms with E-state index in [0.717, 1.165) is 10.6 Å². The molecule has 0 saturated carbocycles. The number of aryl methyl sites for hydroxylation is 1. The van der Waals surface area contributed by atoms with Crippen molar-refractivity contribution in [1.82, 2.24) is 9.24 Å². The third-order valence-electron chi connectivity index (χ3n) is 2.14. The first-order chi connectivity index (χ1) is 6.54. The molecule has 6 heteroatoms. The van der Waals surface area contributed by atoms with Crippen molar-refractivity contribution in [2.24, 2.45) is 7.05 Å². The number of benzene rings is 1. The molecule has 0 aliphatic carbocycles. The predicted molar refractivity (Wildman–Crippen MR) is 47.2 cm³/mol. The molecule has 0 unspecified atom stereocenters. The largest absolute Gasteiger partial charge is 0.347 e. The molecule has 0 aliphatic rings. The van der Waals surface area contributed by atoms with Gasteiger partial charge in [-0.3, -0.25) is 4.57 Å². The van der Waals surface area contributed by atoms with Gasteiger partial charge in [0, 0.05) is 7.05 Å². The molecule has 1 aromatic carbocycles. The number of aromatic nitrogens is 2. The second-order valence-electron chi connectivity index (χ2n) is 2.94. The van der Waals surface area contributed by atoms with Crippen molar-refractivity contribution < 1.29 is 8.78 Å². The molecule has 1 heterocycles. The Morgan fingerprint density at radius 1 is 1.36 bits per heavy atom. The molecule has 2 rings (SSSR count). The Morgan fingerprint density at radius 3 is 2.64 bits per heavy atom. The summed E-state index contributed by atoms with van der Waals surface area (Å²) in [6, 6.07) is 2.26. The van der Waals surface area contributed by atoms with Crippen molar-refractivity contribution >= 4 is 11.0 Å². The highest BCUT2D eigenvalue weighted by atomic mass is 19.2. The van der Waals surface area contributed by atoms with Crippen LogP contribution in [0, 0.1) is 11.6 Å². The summed E-state index contributed by atoms with van der Waals surface area (Å²) >= 11 is 0. The first-order valence-corrected chi connectivity index (χ1v) is 3.84. The number of rotatable bonds is 0. The van der Waals surface area contributed by atoms with E-state index in [0.29, 0.717) is 4.68 Å². The highest BCUT2D eigenvalue weighted by Gasteiger charge is 2.15. The normalized spacial score (nSPS) is 11.1. The van der Waals surface area contributed by atoms with Gasteiger partial charge in [-0.2, -0.15) is 0 Å². The van der Waals surface area contributed by atoms with Gasteiger partial charge < -0.3 is 5.84 Å². The zero-order chi connectivity index (χ0) is 10.5. The number of nitrogens with two attached hydrogens (primary N) is 1. The monoisotopic (exact) mass is 199 g/mol. The Kier molecular flexibility index (Phi) is 1.60. The minimum absolute atomic E-state index is 0.225. The number of imidazole rings is 1. The summed E-state index contributed by atoms with van der Waals surface area (Å²) in [5.41, 5.74) is -0.557. The molecule has 0 amide bonds. The van der Waals surface area contributed by atoms with Crippen molar-refractivity contribution in [1.29, 1.82) is 0 Å². The SMILES string of the molecule is Cn1c(=O)n(N)c2c(F)c(F)ccc21. The van der Waals surface area contributed by atoms with E-state index >= 15 is 0 Å². The first kappa shape index (κ1) is 8.74. The van der Waals surface area contributed by atoms with Gasteiger partial charge in [0.15, 0.2) is 11.6 Å². The molecule has 0 atom stereocenters. The Balaban J connectivity index is 3.11. The van der Waals surface area contributed by atoms with Crippen molar-refractivity contribution in [3.05, 3.63) is 34.3 Å². The van der Waals surface area contributed by atoms with E-state index in [4.69, 9.17) is 5.84 Å². The van der Waals surface area contributed by atoms with Crippen LogP contribution in [0.25, 0.3) is 11.0 Å². The van der Waals surface area contributed by atoms with Gasteiger partial charge in [-0.25, -0.2) is 18.3 Å². The van der Waals surface area contributed by atoms with Crippen molar-refractivity contribution in [2.75, 3.05) is 5.84 Å². The number of hydrogen-bond acceptors (Lipinski definition) is 2. The van der Waals surface area contributed by atoms with Crippen LogP contribution >= 0.6 is 0 Å². The summed E-state index contributed by atoms with van der Waals surface area (Å²) in [6.07, 6.45) is 0. The summed E-state index contributed by atoms with van der Waals surface area (Å²) in [5.74, 6) is 3.15. The molecule has 0 radical (unpaired) electrons. The van der Waals surface area contributed by atoms with E-state index in [-0.39, 0.29) is 11.0 Å². The smallest absolute Gasteiger partial charge is 0.335 e. The van der Waals surface area contributed by atoms with E-state index < -0.39 is 17.3 Å². The number of halogens is 2. The van der Waals surface area contributed by atoms with Gasteiger partial charge in [0.05, 0.1) is 5.52 Å². The number of hydrogen-bond donors (Lipinski definition) is 1. The molecule has 0 spiro atoms. The maximum Gasteiger partial charge on any atom is 0.347 e. The summed E-state index contributed by atoms with van der Waals surface area (Å²) < 4.78 is 27.8. The summed E-state index contributed by atoms with van der Waals surface area (Å²) in [5, 5.41) is 0. The Morgan fingerprint density at radius 2 is 2.00 bits per heavy atom. The molecule has 0 saturated heterocycles. The molecular weight excluding hydrogens is 192 g/mol. The molecule has 0 fully saturated rings. The number of fused-ring (bicyclic) bond motifs is 1. The highest BCUT2D eigenvalue weighted by molar-refractivity contribution is 5.76. The molecule has 14 heavy (non-hydrogen) atoms. The number of nitrogens with zero attached hydrogens (tertiary/aromatic N) is 2. The second kappa shape index (κ2) is 2.57.